The highest BCUT2D eigenvalue weighted by atomic mass is 16.5. The van der Waals surface area contributed by atoms with Gasteiger partial charge in [0.2, 0.25) is 0 Å². The monoisotopic (exact) mass is 314 g/mol. The molecule has 23 heavy (non-hydrogen) atoms. The molecule has 2 aromatic rings. The molecule has 0 radical (unpaired) electrons. The van der Waals surface area contributed by atoms with Gasteiger partial charge in [-0.15, -0.1) is 10.2 Å². The van der Waals surface area contributed by atoms with Crippen molar-refractivity contribution in [3.63, 3.8) is 0 Å². The minimum absolute atomic E-state index is 0.0899. The lowest BCUT2D eigenvalue weighted by molar-refractivity contribution is 0.0787. The average molecular weight is 314 g/mol. The molecule has 1 fully saturated rings. The van der Waals surface area contributed by atoms with Crippen LogP contribution in [-0.2, 0) is 13.0 Å². The maximum absolute atomic E-state index is 12.6. The summed E-state index contributed by atoms with van der Waals surface area (Å²) in [7, 11) is 1.62. The van der Waals surface area contributed by atoms with E-state index in [0.29, 0.717) is 11.5 Å². The van der Waals surface area contributed by atoms with Crippen molar-refractivity contribution < 1.29 is 9.53 Å². The summed E-state index contributed by atoms with van der Waals surface area (Å²) in [5.74, 6) is 2.31. The molecule has 0 aliphatic carbocycles. The van der Waals surface area contributed by atoms with E-state index in [4.69, 9.17) is 4.74 Å². The maximum atomic E-state index is 12.6. The Morgan fingerprint density at radius 1 is 1.35 bits per heavy atom. The third kappa shape index (κ3) is 3.36. The summed E-state index contributed by atoms with van der Waals surface area (Å²) in [6, 6.07) is 7.29. The number of aryl methyl sites for hydroxylation is 1. The minimum atomic E-state index is 0.0899. The largest absolute Gasteiger partial charge is 0.497 e. The Balaban J connectivity index is 1.61. The van der Waals surface area contributed by atoms with Crippen LogP contribution in [0.2, 0.25) is 0 Å². The molecule has 1 aliphatic heterocycles. The Hall–Kier alpha value is -2.37. The molecular weight excluding hydrogens is 292 g/mol. The number of hydrogen-bond donors (Lipinski definition) is 0. The zero-order chi connectivity index (χ0) is 16.2. The number of ether oxygens (including phenoxy) is 1. The molecule has 1 atom stereocenters. The molecule has 1 unspecified atom stereocenters. The smallest absolute Gasteiger partial charge is 0.253 e. The van der Waals surface area contributed by atoms with E-state index in [1.54, 1.807) is 13.4 Å². The van der Waals surface area contributed by atoms with Gasteiger partial charge in [0.15, 0.2) is 0 Å². The topological polar surface area (TPSA) is 60.2 Å². The predicted molar refractivity (Wildman–Crippen MR) is 86.4 cm³/mol. The van der Waals surface area contributed by atoms with Crippen molar-refractivity contribution in [1.82, 2.24) is 19.7 Å². The van der Waals surface area contributed by atoms with Crippen molar-refractivity contribution >= 4 is 5.91 Å². The zero-order valence-corrected chi connectivity index (χ0v) is 13.6. The number of aromatic nitrogens is 3. The van der Waals surface area contributed by atoms with Gasteiger partial charge in [0.25, 0.3) is 5.91 Å². The molecule has 1 saturated heterocycles. The van der Waals surface area contributed by atoms with E-state index in [1.807, 2.05) is 29.2 Å². The fourth-order valence-corrected chi connectivity index (χ4v) is 3.06. The van der Waals surface area contributed by atoms with Crippen LogP contribution >= 0.6 is 0 Å². The van der Waals surface area contributed by atoms with E-state index < -0.39 is 0 Å². The van der Waals surface area contributed by atoms with Crippen LogP contribution in [0.3, 0.4) is 0 Å². The van der Waals surface area contributed by atoms with Crippen LogP contribution in [0.4, 0.5) is 0 Å². The maximum Gasteiger partial charge on any atom is 0.253 e. The number of carbonyl (C=O) groups is 1. The average Bonchev–Trinajstić information content (AvgIpc) is 3.24. The predicted octanol–water partition coefficient (Wildman–Crippen LogP) is 2.01. The van der Waals surface area contributed by atoms with Crippen LogP contribution < -0.4 is 4.74 Å². The van der Waals surface area contributed by atoms with Gasteiger partial charge in [0.05, 0.1) is 7.11 Å². The first-order chi connectivity index (χ1) is 11.2. The second kappa shape index (κ2) is 6.81. The summed E-state index contributed by atoms with van der Waals surface area (Å²) in [4.78, 5) is 14.5. The van der Waals surface area contributed by atoms with Gasteiger partial charge in [-0.2, -0.15) is 0 Å². The number of carbonyl (C=O) groups excluding carboxylic acids is 1. The second-order valence-electron chi connectivity index (χ2n) is 5.87. The number of amides is 1. The summed E-state index contributed by atoms with van der Waals surface area (Å²) < 4.78 is 7.20. The molecule has 0 N–H and O–H groups in total. The normalized spacial score (nSPS) is 17.5. The van der Waals surface area contributed by atoms with Crippen molar-refractivity contribution in [2.24, 2.45) is 5.92 Å². The Kier molecular flexibility index (Phi) is 4.60. The first-order valence-electron chi connectivity index (χ1n) is 8.01. The summed E-state index contributed by atoms with van der Waals surface area (Å²) in [6.45, 7) is 4.54. The van der Waals surface area contributed by atoms with E-state index in [0.717, 1.165) is 44.0 Å². The molecule has 122 valence electrons. The van der Waals surface area contributed by atoms with Crippen LogP contribution in [0.5, 0.6) is 5.75 Å². The third-order valence-corrected chi connectivity index (χ3v) is 4.42. The van der Waals surface area contributed by atoms with Crippen LogP contribution in [-0.4, -0.2) is 45.8 Å². The van der Waals surface area contributed by atoms with E-state index in [9.17, 15) is 4.79 Å². The van der Waals surface area contributed by atoms with Gasteiger partial charge < -0.3 is 14.2 Å². The number of nitrogens with zero attached hydrogens (tertiary/aromatic N) is 4. The Labute approximate surface area is 136 Å². The third-order valence-electron chi connectivity index (χ3n) is 4.42. The molecule has 1 aromatic heterocycles. The van der Waals surface area contributed by atoms with E-state index in [2.05, 4.69) is 21.7 Å². The quantitative estimate of drug-likeness (QED) is 0.847. The summed E-state index contributed by atoms with van der Waals surface area (Å²) in [6.07, 6.45) is 3.66. The number of methoxy groups -OCH3 is 1. The van der Waals surface area contributed by atoms with Gasteiger partial charge in [-0.3, -0.25) is 4.79 Å². The van der Waals surface area contributed by atoms with Gasteiger partial charge in [0.1, 0.15) is 17.9 Å². The molecule has 0 spiro atoms. The highest BCUT2D eigenvalue weighted by Gasteiger charge is 2.28. The molecular formula is C17H22N4O2. The Morgan fingerprint density at radius 3 is 2.83 bits per heavy atom. The van der Waals surface area contributed by atoms with E-state index >= 15 is 0 Å². The van der Waals surface area contributed by atoms with Crippen LogP contribution in [0.1, 0.15) is 29.5 Å². The minimum Gasteiger partial charge on any atom is -0.497 e. The molecule has 1 aliphatic rings. The van der Waals surface area contributed by atoms with Gasteiger partial charge in [0, 0.05) is 31.6 Å². The van der Waals surface area contributed by atoms with Gasteiger partial charge in [-0.05, 0) is 43.5 Å². The Morgan fingerprint density at radius 2 is 2.13 bits per heavy atom. The van der Waals surface area contributed by atoms with Crippen molar-refractivity contribution in [3.05, 3.63) is 42.0 Å². The zero-order valence-electron chi connectivity index (χ0n) is 13.6. The molecule has 1 amide bonds. The first kappa shape index (κ1) is 15.5. The fourth-order valence-electron chi connectivity index (χ4n) is 3.06. The summed E-state index contributed by atoms with van der Waals surface area (Å²) >= 11 is 0. The lowest BCUT2D eigenvalue weighted by Crippen LogP contribution is -2.29. The first-order valence-corrected chi connectivity index (χ1v) is 8.01. The SMILES string of the molecule is CCn1cnnc1CC1CCN(C(=O)c2ccc(OC)cc2)C1. The summed E-state index contributed by atoms with van der Waals surface area (Å²) in [5.41, 5.74) is 0.711. The van der Waals surface area contributed by atoms with Crippen LogP contribution in [0, 0.1) is 5.92 Å². The number of hydrogen-bond acceptors (Lipinski definition) is 4. The van der Waals surface area contributed by atoms with Crippen molar-refractivity contribution in [2.45, 2.75) is 26.3 Å². The molecule has 6 nitrogen and oxygen atoms in total. The lowest BCUT2D eigenvalue weighted by Gasteiger charge is -2.17. The van der Waals surface area contributed by atoms with E-state index in [1.165, 1.54) is 0 Å². The summed E-state index contributed by atoms with van der Waals surface area (Å²) in [5, 5.41) is 8.17. The van der Waals surface area contributed by atoms with Crippen molar-refractivity contribution in [3.8, 4) is 5.75 Å². The fraction of sp³-hybridized carbons (Fsp3) is 0.471. The van der Waals surface area contributed by atoms with Crippen molar-refractivity contribution in [2.75, 3.05) is 20.2 Å². The molecule has 3 rings (SSSR count). The Bertz CT molecular complexity index is 665. The van der Waals surface area contributed by atoms with Crippen molar-refractivity contribution in [1.29, 1.82) is 0 Å². The van der Waals surface area contributed by atoms with E-state index in [-0.39, 0.29) is 5.91 Å². The number of rotatable bonds is 5. The standard InChI is InChI=1S/C17H22N4O2/c1-3-20-12-18-19-16(20)10-13-8-9-21(11-13)17(22)14-4-6-15(23-2)7-5-14/h4-7,12-13H,3,8-11H2,1-2H3. The van der Waals surface area contributed by atoms with Gasteiger partial charge >= 0.3 is 0 Å². The molecule has 0 bridgehead atoms. The molecule has 6 heteroatoms. The molecule has 1 aromatic carbocycles. The van der Waals surface area contributed by atoms with Gasteiger partial charge in [-0.1, -0.05) is 0 Å². The number of benzene rings is 1. The lowest BCUT2D eigenvalue weighted by atomic mass is 10.0. The second-order valence-corrected chi connectivity index (χ2v) is 5.87. The number of likely N-dealkylation sites (tertiary alicyclic amines) is 1. The van der Waals surface area contributed by atoms with Gasteiger partial charge in [-0.25, -0.2) is 0 Å². The van der Waals surface area contributed by atoms with Crippen LogP contribution in [0.15, 0.2) is 30.6 Å². The molecule has 0 saturated carbocycles. The molecule has 2 heterocycles. The highest BCUT2D eigenvalue weighted by Crippen LogP contribution is 2.22. The highest BCUT2D eigenvalue weighted by molar-refractivity contribution is 5.94. The van der Waals surface area contributed by atoms with Crippen LogP contribution in [0.25, 0.3) is 0 Å².